The zero-order chi connectivity index (χ0) is 15.4. The van der Waals surface area contributed by atoms with Crippen LogP contribution in [0.1, 0.15) is 11.1 Å². The average Bonchev–Trinajstić information content (AvgIpc) is 2.43. The van der Waals surface area contributed by atoms with E-state index in [1.54, 1.807) is 0 Å². The SMILES string of the molecule is CN(C)Cc1cc(-c2ccccc2)cc(CN(C)C)c1O. The number of aromatic hydroxyl groups is 1. The van der Waals surface area contributed by atoms with Crippen molar-refractivity contribution in [3.63, 3.8) is 0 Å². The first-order valence-corrected chi connectivity index (χ1v) is 7.17. The standard InChI is InChI=1S/C18H24N2O/c1-19(2)12-16-10-15(14-8-6-5-7-9-14)11-17(18(16)21)13-20(3)4/h5-11,21H,12-13H2,1-4H3. The molecule has 0 bridgehead atoms. The van der Waals surface area contributed by atoms with E-state index in [4.69, 9.17) is 0 Å². The van der Waals surface area contributed by atoms with Crippen LogP contribution in [0.5, 0.6) is 5.75 Å². The highest BCUT2D eigenvalue weighted by Crippen LogP contribution is 2.31. The Hall–Kier alpha value is -1.84. The number of phenolic OH excluding ortho intramolecular Hbond substituents is 1. The molecule has 2 aromatic rings. The van der Waals surface area contributed by atoms with Crippen molar-refractivity contribution in [1.82, 2.24) is 9.80 Å². The topological polar surface area (TPSA) is 26.7 Å². The van der Waals surface area contributed by atoms with Gasteiger partial charge in [-0.05, 0) is 51.5 Å². The Kier molecular flexibility index (Phi) is 4.99. The van der Waals surface area contributed by atoms with Crippen molar-refractivity contribution in [3.8, 4) is 16.9 Å². The number of nitrogens with zero attached hydrogens (tertiary/aromatic N) is 2. The summed E-state index contributed by atoms with van der Waals surface area (Å²) in [5.74, 6) is 0.414. The quantitative estimate of drug-likeness (QED) is 0.913. The van der Waals surface area contributed by atoms with Crippen LogP contribution in [-0.4, -0.2) is 43.1 Å². The second-order valence-corrected chi connectivity index (χ2v) is 5.98. The Balaban J connectivity index is 2.50. The van der Waals surface area contributed by atoms with Crippen LogP contribution >= 0.6 is 0 Å². The molecule has 0 unspecified atom stereocenters. The minimum Gasteiger partial charge on any atom is -0.507 e. The number of phenols is 1. The Bertz CT molecular complexity index is 560. The molecular weight excluding hydrogens is 260 g/mol. The third-order valence-corrected chi connectivity index (χ3v) is 3.35. The monoisotopic (exact) mass is 284 g/mol. The molecule has 0 atom stereocenters. The molecule has 2 aromatic carbocycles. The molecule has 0 saturated heterocycles. The zero-order valence-electron chi connectivity index (χ0n) is 13.3. The molecule has 0 heterocycles. The smallest absolute Gasteiger partial charge is 0.124 e. The Morgan fingerprint density at radius 2 is 1.24 bits per heavy atom. The van der Waals surface area contributed by atoms with Crippen molar-refractivity contribution in [2.24, 2.45) is 0 Å². The lowest BCUT2D eigenvalue weighted by Gasteiger charge is -2.18. The van der Waals surface area contributed by atoms with Crippen molar-refractivity contribution in [1.29, 1.82) is 0 Å². The van der Waals surface area contributed by atoms with Gasteiger partial charge in [0.1, 0.15) is 5.75 Å². The van der Waals surface area contributed by atoms with Gasteiger partial charge in [-0.15, -0.1) is 0 Å². The summed E-state index contributed by atoms with van der Waals surface area (Å²) in [7, 11) is 8.06. The van der Waals surface area contributed by atoms with Crippen LogP contribution in [0, 0.1) is 0 Å². The highest BCUT2D eigenvalue weighted by molar-refractivity contribution is 5.67. The lowest BCUT2D eigenvalue weighted by Crippen LogP contribution is -2.14. The number of benzene rings is 2. The van der Waals surface area contributed by atoms with Gasteiger partial charge in [0.05, 0.1) is 0 Å². The normalized spacial score (nSPS) is 11.3. The van der Waals surface area contributed by atoms with E-state index in [0.717, 1.165) is 29.8 Å². The van der Waals surface area contributed by atoms with Gasteiger partial charge in [0.25, 0.3) is 0 Å². The summed E-state index contributed by atoms with van der Waals surface area (Å²) < 4.78 is 0. The van der Waals surface area contributed by atoms with Crippen molar-refractivity contribution in [2.75, 3.05) is 28.2 Å². The molecule has 0 spiro atoms. The maximum atomic E-state index is 10.5. The maximum Gasteiger partial charge on any atom is 0.124 e. The van der Waals surface area contributed by atoms with E-state index < -0.39 is 0 Å². The molecule has 0 aliphatic rings. The van der Waals surface area contributed by atoms with Crippen LogP contribution in [0.15, 0.2) is 42.5 Å². The lowest BCUT2D eigenvalue weighted by atomic mass is 9.98. The minimum absolute atomic E-state index is 0.414. The molecule has 0 amide bonds. The van der Waals surface area contributed by atoms with E-state index in [0.29, 0.717) is 5.75 Å². The first kappa shape index (κ1) is 15.5. The second kappa shape index (κ2) is 6.74. The molecule has 0 fully saturated rings. The van der Waals surface area contributed by atoms with Gasteiger partial charge in [-0.3, -0.25) is 0 Å². The first-order valence-electron chi connectivity index (χ1n) is 7.17. The predicted octanol–water partition coefficient (Wildman–Crippen LogP) is 3.18. The molecule has 0 aliphatic carbocycles. The van der Waals surface area contributed by atoms with Crippen molar-refractivity contribution in [2.45, 2.75) is 13.1 Å². The second-order valence-electron chi connectivity index (χ2n) is 5.98. The van der Waals surface area contributed by atoms with Crippen molar-refractivity contribution < 1.29 is 5.11 Å². The molecule has 0 aromatic heterocycles. The first-order chi connectivity index (χ1) is 9.97. The molecule has 1 N–H and O–H groups in total. The predicted molar refractivity (Wildman–Crippen MR) is 88.3 cm³/mol. The fraction of sp³-hybridized carbons (Fsp3) is 0.333. The van der Waals surface area contributed by atoms with E-state index in [2.05, 4.69) is 34.1 Å². The Labute approximate surface area is 127 Å². The molecule has 112 valence electrons. The van der Waals surface area contributed by atoms with Crippen LogP contribution in [0.2, 0.25) is 0 Å². The molecule has 21 heavy (non-hydrogen) atoms. The van der Waals surface area contributed by atoms with Crippen molar-refractivity contribution in [3.05, 3.63) is 53.6 Å². The van der Waals surface area contributed by atoms with E-state index in [9.17, 15) is 5.11 Å². The zero-order valence-corrected chi connectivity index (χ0v) is 13.3. The van der Waals surface area contributed by atoms with E-state index in [1.807, 2.05) is 46.4 Å². The van der Waals surface area contributed by atoms with Crippen molar-refractivity contribution >= 4 is 0 Å². The van der Waals surface area contributed by atoms with Crippen LogP contribution in [0.3, 0.4) is 0 Å². The van der Waals surface area contributed by atoms with Gasteiger partial charge >= 0.3 is 0 Å². The number of hydrogen-bond acceptors (Lipinski definition) is 3. The molecule has 0 aliphatic heterocycles. The van der Waals surface area contributed by atoms with E-state index in [1.165, 1.54) is 5.56 Å². The average molecular weight is 284 g/mol. The Morgan fingerprint density at radius 3 is 1.67 bits per heavy atom. The molecule has 0 saturated carbocycles. The van der Waals surface area contributed by atoms with Gasteiger partial charge in [-0.1, -0.05) is 30.3 Å². The summed E-state index contributed by atoms with van der Waals surface area (Å²) in [4.78, 5) is 4.15. The third-order valence-electron chi connectivity index (χ3n) is 3.35. The maximum absolute atomic E-state index is 10.5. The molecule has 3 nitrogen and oxygen atoms in total. The molecule has 2 rings (SSSR count). The highest BCUT2D eigenvalue weighted by Gasteiger charge is 2.12. The van der Waals surface area contributed by atoms with Gasteiger partial charge in [-0.25, -0.2) is 0 Å². The fourth-order valence-electron chi connectivity index (χ4n) is 2.48. The minimum atomic E-state index is 0.414. The summed E-state index contributed by atoms with van der Waals surface area (Å²) in [5, 5.41) is 10.5. The van der Waals surface area contributed by atoms with Gasteiger partial charge in [-0.2, -0.15) is 0 Å². The largest absolute Gasteiger partial charge is 0.507 e. The summed E-state index contributed by atoms with van der Waals surface area (Å²) >= 11 is 0. The highest BCUT2D eigenvalue weighted by atomic mass is 16.3. The van der Waals surface area contributed by atoms with Gasteiger partial charge in [0.2, 0.25) is 0 Å². The third kappa shape index (κ3) is 4.06. The number of hydrogen-bond donors (Lipinski definition) is 1. The summed E-state index contributed by atoms with van der Waals surface area (Å²) in [6.07, 6.45) is 0. The molecule has 0 radical (unpaired) electrons. The summed E-state index contributed by atoms with van der Waals surface area (Å²) in [6.45, 7) is 1.46. The van der Waals surface area contributed by atoms with Gasteiger partial charge in [0, 0.05) is 24.2 Å². The van der Waals surface area contributed by atoms with Crippen LogP contribution in [0.4, 0.5) is 0 Å². The van der Waals surface area contributed by atoms with Crippen LogP contribution in [0.25, 0.3) is 11.1 Å². The molecule has 3 heteroatoms. The van der Waals surface area contributed by atoms with Crippen LogP contribution in [-0.2, 0) is 13.1 Å². The van der Waals surface area contributed by atoms with E-state index >= 15 is 0 Å². The van der Waals surface area contributed by atoms with Gasteiger partial charge < -0.3 is 14.9 Å². The fourth-order valence-corrected chi connectivity index (χ4v) is 2.48. The van der Waals surface area contributed by atoms with E-state index in [-0.39, 0.29) is 0 Å². The summed E-state index contributed by atoms with van der Waals surface area (Å²) in [6, 6.07) is 14.5. The number of rotatable bonds is 5. The molecular formula is C18H24N2O. The Morgan fingerprint density at radius 1 is 0.762 bits per heavy atom. The van der Waals surface area contributed by atoms with Crippen LogP contribution < -0.4 is 0 Å². The summed E-state index contributed by atoms with van der Waals surface area (Å²) in [5.41, 5.74) is 4.27. The van der Waals surface area contributed by atoms with Gasteiger partial charge in [0.15, 0.2) is 0 Å². The lowest BCUT2D eigenvalue weighted by molar-refractivity contribution is 0.368.